The molecule has 0 saturated heterocycles. The summed E-state index contributed by atoms with van der Waals surface area (Å²) in [5.74, 6) is 1.45. The van der Waals surface area contributed by atoms with Crippen molar-refractivity contribution in [3.63, 3.8) is 0 Å². The van der Waals surface area contributed by atoms with Crippen molar-refractivity contribution in [1.29, 1.82) is 0 Å². The van der Waals surface area contributed by atoms with Gasteiger partial charge >= 0.3 is 0 Å². The fourth-order valence-electron chi connectivity index (χ4n) is 1.55. The Morgan fingerprint density at radius 2 is 2.29 bits per heavy atom. The lowest BCUT2D eigenvalue weighted by atomic mass is 10.4. The number of aromatic amines is 1. The molecule has 8 nitrogen and oxygen atoms in total. The molecule has 8 heteroatoms. The topological polar surface area (TPSA) is 110 Å². The zero-order valence-corrected chi connectivity index (χ0v) is 9.05. The van der Waals surface area contributed by atoms with Crippen molar-refractivity contribution in [2.75, 3.05) is 11.1 Å². The summed E-state index contributed by atoms with van der Waals surface area (Å²) >= 11 is 0. The molecule has 0 aliphatic carbocycles. The van der Waals surface area contributed by atoms with Crippen LogP contribution in [0.5, 0.6) is 0 Å². The summed E-state index contributed by atoms with van der Waals surface area (Å²) in [6.07, 6.45) is 3.47. The Bertz CT molecular complexity index is 666. The van der Waals surface area contributed by atoms with Crippen LogP contribution in [0.25, 0.3) is 11.0 Å². The molecule has 0 radical (unpaired) electrons. The van der Waals surface area contributed by atoms with E-state index in [-0.39, 0.29) is 5.95 Å². The first-order chi connectivity index (χ1) is 8.22. The maximum absolute atomic E-state index is 5.61. The molecule has 0 amide bonds. The number of H-pyrrole nitrogens is 1. The maximum Gasteiger partial charge on any atom is 0.224 e. The largest absolute Gasteiger partial charge is 0.368 e. The minimum Gasteiger partial charge on any atom is -0.368 e. The molecule has 0 aliphatic heterocycles. The Morgan fingerprint density at radius 3 is 3.06 bits per heavy atom. The third-order valence-electron chi connectivity index (χ3n) is 2.29. The second kappa shape index (κ2) is 3.44. The molecule has 86 valence electrons. The van der Waals surface area contributed by atoms with Gasteiger partial charge in [-0.05, 0) is 0 Å². The molecule has 4 N–H and O–H groups in total. The molecule has 17 heavy (non-hydrogen) atoms. The van der Waals surface area contributed by atoms with Crippen LogP contribution in [-0.4, -0.2) is 29.9 Å². The highest BCUT2D eigenvalue weighted by Gasteiger charge is 2.08. The molecule has 3 heterocycles. The smallest absolute Gasteiger partial charge is 0.224 e. The number of aryl methyl sites for hydroxylation is 1. The number of anilines is 3. The van der Waals surface area contributed by atoms with Crippen LogP contribution in [0.1, 0.15) is 0 Å². The lowest BCUT2D eigenvalue weighted by Crippen LogP contribution is -2.01. The van der Waals surface area contributed by atoms with Gasteiger partial charge in [0.1, 0.15) is 5.82 Å². The van der Waals surface area contributed by atoms with Crippen molar-refractivity contribution in [1.82, 2.24) is 29.9 Å². The number of hydrogen-bond donors (Lipinski definition) is 3. The van der Waals surface area contributed by atoms with Crippen molar-refractivity contribution >= 4 is 28.6 Å². The number of nitrogen functional groups attached to an aromatic ring is 1. The minimum absolute atomic E-state index is 0.181. The Hall–Kier alpha value is -2.64. The molecule has 0 unspecified atom stereocenters. The van der Waals surface area contributed by atoms with E-state index >= 15 is 0 Å². The first-order valence-corrected chi connectivity index (χ1v) is 4.95. The average molecular weight is 230 g/mol. The van der Waals surface area contributed by atoms with Gasteiger partial charge in [-0.15, -0.1) is 0 Å². The summed E-state index contributed by atoms with van der Waals surface area (Å²) in [6.45, 7) is 0. The van der Waals surface area contributed by atoms with Crippen LogP contribution in [0, 0.1) is 0 Å². The number of nitrogens with two attached hydrogens (primary N) is 1. The summed E-state index contributed by atoms with van der Waals surface area (Å²) in [7, 11) is 1.84. The van der Waals surface area contributed by atoms with Crippen LogP contribution in [0.15, 0.2) is 18.5 Å². The Morgan fingerprint density at radius 1 is 1.41 bits per heavy atom. The van der Waals surface area contributed by atoms with Gasteiger partial charge in [0.25, 0.3) is 0 Å². The molecule has 3 aromatic heterocycles. The van der Waals surface area contributed by atoms with Gasteiger partial charge in [0.05, 0.1) is 11.6 Å². The van der Waals surface area contributed by atoms with Crippen LogP contribution in [0.3, 0.4) is 0 Å². The summed E-state index contributed by atoms with van der Waals surface area (Å²) < 4.78 is 1.69. The molecule has 0 spiro atoms. The molecule has 3 rings (SSSR count). The molecule has 0 aliphatic rings. The highest BCUT2D eigenvalue weighted by Crippen LogP contribution is 2.21. The van der Waals surface area contributed by atoms with Gasteiger partial charge < -0.3 is 11.1 Å². The number of nitrogens with one attached hydrogen (secondary N) is 2. The fraction of sp³-hybridized carbons (Fsp3) is 0.111. The van der Waals surface area contributed by atoms with Crippen LogP contribution >= 0.6 is 0 Å². The summed E-state index contributed by atoms with van der Waals surface area (Å²) in [4.78, 5) is 8.15. The van der Waals surface area contributed by atoms with Crippen LogP contribution in [0.4, 0.5) is 17.6 Å². The van der Waals surface area contributed by atoms with Gasteiger partial charge in [-0.2, -0.15) is 20.2 Å². The first kappa shape index (κ1) is 9.58. The molecule has 0 fully saturated rings. The van der Waals surface area contributed by atoms with E-state index in [1.54, 1.807) is 10.9 Å². The van der Waals surface area contributed by atoms with Crippen molar-refractivity contribution in [3.05, 3.63) is 18.5 Å². The van der Waals surface area contributed by atoms with Gasteiger partial charge in [0.2, 0.25) is 5.95 Å². The lowest BCUT2D eigenvalue weighted by Gasteiger charge is -2.03. The maximum atomic E-state index is 5.61. The molecule has 3 aromatic rings. The van der Waals surface area contributed by atoms with Gasteiger partial charge in [0.15, 0.2) is 11.5 Å². The lowest BCUT2D eigenvalue weighted by molar-refractivity contribution is 0.771. The standard InChI is InChI=1S/C9H10N8/c1-17-3-2-6(16-17)12-7-5-4-11-15-8(5)14-9(10)13-7/h2-4H,1H3,(H4,10,11,12,13,14,15,16). The van der Waals surface area contributed by atoms with Crippen LogP contribution in [-0.2, 0) is 7.05 Å². The number of hydrogen-bond acceptors (Lipinski definition) is 6. The minimum atomic E-state index is 0.181. The van der Waals surface area contributed by atoms with E-state index < -0.39 is 0 Å². The molecular formula is C9H10N8. The van der Waals surface area contributed by atoms with Crippen molar-refractivity contribution in [2.24, 2.45) is 7.05 Å². The number of fused-ring (bicyclic) bond motifs is 1. The fourth-order valence-corrected chi connectivity index (χ4v) is 1.55. The van der Waals surface area contributed by atoms with Gasteiger partial charge in [-0.25, -0.2) is 0 Å². The van der Waals surface area contributed by atoms with E-state index in [1.165, 1.54) is 0 Å². The first-order valence-electron chi connectivity index (χ1n) is 4.95. The SMILES string of the molecule is Cn1ccc(Nc2nc(N)nc3[nH]ncc23)n1. The second-order valence-electron chi connectivity index (χ2n) is 3.56. The van der Waals surface area contributed by atoms with Gasteiger partial charge in [0, 0.05) is 19.3 Å². The zero-order chi connectivity index (χ0) is 11.8. The summed E-state index contributed by atoms with van der Waals surface area (Å²) in [5, 5.41) is 14.7. The van der Waals surface area contributed by atoms with Crippen molar-refractivity contribution in [2.45, 2.75) is 0 Å². The predicted molar refractivity (Wildman–Crippen MR) is 62.6 cm³/mol. The quantitative estimate of drug-likeness (QED) is 0.588. The van der Waals surface area contributed by atoms with E-state index in [9.17, 15) is 0 Å². The second-order valence-corrected chi connectivity index (χ2v) is 3.56. The van der Waals surface area contributed by atoms with Gasteiger partial charge in [-0.1, -0.05) is 0 Å². The predicted octanol–water partition coefficient (Wildman–Crippen LogP) is 0.412. The third kappa shape index (κ3) is 1.65. The molecular weight excluding hydrogens is 220 g/mol. The molecule has 0 bridgehead atoms. The molecule has 0 aromatic carbocycles. The molecule has 0 atom stereocenters. The Kier molecular flexibility index (Phi) is 1.94. The average Bonchev–Trinajstić information content (AvgIpc) is 2.87. The number of rotatable bonds is 2. The van der Waals surface area contributed by atoms with E-state index in [0.29, 0.717) is 17.3 Å². The van der Waals surface area contributed by atoms with E-state index in [1.807, 2.05) is 19.3 Å². The van der Waals surface area contributed by atoms with Crippen LogP contribution < -0.4 is 11.1 Å². The van der Waals surface area contributed by atoms with Gasteiger partial charge in [-0.3, -0.25) is 9.78 Å². The Balaban J connectivity index is 2.07. The third-order valence-corrected chi connectivity index (χ3v) is 2.29. The van der Waals surface area contributed by atoms with Crippen molar-refractivity contribution in [3.8, 4) is 0 Å². The normalized spacial score (nSPS) is 10.9. The van der Waals surface area contributed by atoms with Crippen molar-refractivity contribution < 1.29 is 0 Å². The van der Waals surface area contributed by atoms with E-state index in [4.69, 9.17) is 5.73 Å². The highest BCUT2D eigenvalue weighted by molar-refractivity contribution is 5.88. The van der Waals surface area contributed by atoms with Crippen LogP contribution in [0.2, 0.25) is 0 Å². The Labute approximate surface area is 95.9 Å². The zero-order valence-electron chi connectivity index (χ0n) is 9.05. The number of nitrogens with zero attached hydrogens (tertiary/aromatic N) is 5. The monoisotopic (exact) mass is 230 g/mol. The van der Waals surface area contributed by atoms with E-state index in [0.717, 1.165) is 5.39 Å². The molecule has 0 saturated carbocycles. The van der Waals surface area contributed by atoms with E-state index in [2.05, 4.69) is 30.6 Å². The summed E-state index contributed by atoms with van der Waals surface area (Å²) in [6, 6.07) is 1.84. The number of aromatic nitrogens is 6. The highest BCUT2D eigenvalue weighted by atomic mass is 15.3. The summed E-state index contributed by atoms with van der Waals surface area (Å²) in [5.41, 5.74) is 6.20.